The molecule has 1 aliphatic rings. The zero-order valence-electron chi connectivity index (χ0n) is 8.28. The van der Waals surface area contributed by atoms with E-state index in [1.165, 1.54) is 15.4 Å². The number of rotatable bonds is 2. The summed E-state index contributed by atoms with van der Waals surface area (Å²) in [6.45, 7) is 4.47. The van der Waals surface area contributed by atoms with Crippen molar-refractivity contribution < 1.29 is 0 Å². The van der Waals surface area contributed by atoms with Crippen LogP contribution in [-0.2, 0) is 0 Å². The van der Waals surface area contributed by atoms with E-state index in [4.69, 9.17) is 0 Å². The van der Waals surface area contributed by atoms with Gasteiger partial charge < -0.3 is 0 Å². The number of allylic oxidation sites excluding steroid dienone is 1. The molecule has 0 amide bonds. The van der Waals surface area contributed by atoms with Gasteiger partial charge in [0, 0.05) is 9.81 Å². The predicted octanol–water partition coefficient (Wildman–Crippen LogP) is 3.91. The van der Waals surface area contributed by atoms with Crippen LogP contribution in [0.4, 0.5) is 0 Å². The van der Waals surface area contributed by atoms with Crippen LogP contribution in [-0.4, -0.2) is 0 Å². The number of benzene rings is 1. The monoisotopic (exact) mass is 223 g/mol. The van der Waals surface area contributed by atoms with Crippen molar-refractivity contribution in [2.75, 3.05) is 0 Å². The maximum Gasteiger partial charge on any atom is 0.0419 e. The largest absolute Gasteiger partial charge is 0.200 e. The zero-order valence-corrected chi connectivity index (χ0v) is 9.91. The molecule has 0 bridgehead atoms. The van der Waals surface area contributed by atoms with Crippen LogP contribution in [0.5, 0.6) is 0 Å². The van der Waals surface area contributed by atoms with E-state index >= 15 is 0 Å². The van der Waals surface area contributed by atoms with E-state index in [1.807, 2.05) is 0 Å². The second-order valence-electron chi connectivity index (χ2n) is 3.50. The first kappa shape index (κ1) is 10.1. The second kappa shape index (κ2) is 4.43. The first-order chi connectivity index (χ1) is 6.79. The van der Waals surface area contributed by atoms with Crippen molar-refractivity contribution in [2.24, 2.45) is 5.92 Å². The number of hydrogen-bond acceptors (Lipinski definition) is 3. The lowest BCUT2D eigenvalue weighted by Gasteiger charge is -2.07. The van der Waals surface area contributed by atoms with Gasteiger partial charge in [-0.3, -0.25) is 0 Å². The Morgan fingerprint density at radius 3 is 2.43 bits per heavy atom. The Bertz CT molecular complexity index is 344. The molecule has 0 saturated carbocycles. The Morgan fingerprint density at radius 2 is 1.79 bits per heavy atom. The zero-order chi connectivity index (χ0) is 9.97. The first-order valence-corrected chi connectivity index (χ1v) is 6.30. The van der Waals surface area contributed by atoms with E-state index in [2.05, 4.69) is 48.3 Å². The van der Waals surface area contributed by atoms with E-state index in [-0.39, 0.29) is 0 Å². The maximum absolute atomic E-state index is 3.26. The highest BCUT2D eigenvalue weighted by molar-refractivity contribution is 8.22. The Balaban J connectivity index is 2.38. The third-order valence-corrected chi connectivity index (χ3v) is 4.43. The summed E-state index contributed by atoms with van der Waals surface area (Å²) in [7, 11) is 0. The Kier molecular flexibility index (Phi) is 3.21. The second-order valence-corrected chi connectivity index (χ2v) is 5.42. The average Bonchev–Trinajstić information content (AvgIpc) is 2.67. The lowest BCUT2D eigenvalue weighted by Crippen LogP contribution is -1.90. The Labute approximate surface area is 93.6 Å². The lowest BCUT2D eigenvalue weighted by molar-refractivity contribution is 0.821. The average molecular weight is 223 g/mol. The molecular weight excluding hydrogens is 210 g/mol. The quantitative estimate of drug-likeness (QED) is 0.763. The molecule has 1 aromatic carbocycles. The van der Waals surface area contributed by atoms with Crippen LogP contribution < -0.4 is 4.13 Å². The van der Waals surface area contributed by atoms with E-state index in [0.29, 0.717) is 5.92 Å². The molecule has 2 rings (SSSR count). The maximum atomic E-state index is 3.26. The fourth-order valence-corrected chi connectivity index (χ4v) is 3.52. The van der Waals surface area contributed by atoms with E-state index in [1.54, 1.807) is 23.9 Å². The van der Waals surface area contributed by atoms with Gasteiger partial charge in [0.2, 0.25) is 0 Å². The van der Waals surface area contributed by atoms with Crippen LogP contribution in [0, 0.1) is 5.92 Å². The highest BCUT2D eigenvalue weighted by atomic mass is 32.2. The van der Waals surface area contributed by atoms with Crippen molar-refractivity contribution in [3.63, 3.8) is 0 Å². The third-order valence-electron chi connectivity index (χ3n) is 2.08. The molecule has 0 aromatic heterocycles. The van der Waals surface area contributed by atoms with Crippen molar-refractivity contribution in [3.8, 4) is 0 Å². The normalized spacial score (nSPS) is 16.8. The van der Waals surface area contributed by atoms with Gasteiger partial charge in [-0.25, -0.2) is 0 Å². The molecule has 0 unspecified atom stereocenters. The first-order valence-electron chi connectivity index (χ1n) is 4.67. The van der Waals surface area contributed by atoms with Crippen LogP contribution in [0.15, 0.2) is 35.2 Å². The summed E-state index contributed by atoms with van der Waals surface area (Å²) in [5.41, 5.74) is 1.32. The van der Waals surface area contributed by atoms with Crippen molar-refractivity contribution in [2.45, 2.75) is 13.8 Å². The summed E-state index contributed by atoms with van der Waals surface area (Å²) in [6, 6.07) is 10.6. The van der Waals surface area contributed by atoms with Gasteiger partial charge in [0.05, 0.1) is 0 Å². The van der Waals surface area contributed by atoms with Crippen LogP contribution in [0.25, 0.3) is 4.91 Å². The third kappa shape index (κ3) is 2.00. The van der Waals surface area contributed by atoms with Crippen molar-refractivity contribution in [3.05, 3.63) is 40.8 Å². The molecule has 1 aromatic rings. The SMILES string of the molecule is CC(C)C1=C(c2ccccc2)SNS1. The van der Waals surface area contributed by atoms with E-state index < -0.39 is 0 Å². The summed E-state index contributed by atoms with van der Waals surface area (Å²) >= 11 is 3.47. The molecule has 1 aliphatic heterocycles. The lowest BCUT2D eigenvalue weighted by atomic mass is 10.1. The van der Waals surface area contributed by atoms with Gasteiger partial charge in [-0.1, -0.05) is 44.2 Å². The molecule has 74 valence electrons. The fourth-order valence-electron chi connectivity index (χ4n) is 1.37. The minimum Gasteiger partial charge on any atom is -0.200 e. The Hall–Kier alpha value is -0.380. The van der Waals surface area contributed by atoms with Gasteiger partial charge in [-0.2, -0.15) is 4.13 Å². The molecular formula is C11H13NS2. The molecule has 1 nitrogen and oxygen atoms in total. The molecule has 1 heterocycles. The smallest absolute Gasteiger partial charge is 0.0419 e. The van der Waals surface area contributed by atoms with Gasteiger partial charge in [-0.15, -0.1) is 0 Å². The minimum absolute atomic E-state index is 0.595. The molecule has 3 heteroatoms. The summed E-state index contributed by atoms with van der Waals surface area (Å²) < 4.78 is 3.26. The number of hydrogen-bond donors (Lipinski definition) is 1. The molecule has 0 spiro atoms. The van der Waals surface area contributed by atoms with Crippen molar-refractivity contribution in [1.29, 1.82) is 0 Å². The molecule has 1 N–H and O–H groups in total. The van der Waals surface area contributed by atoms with Gasteiger partial charge in [0.1, 0.15) is 0 Å². The highest BCUT2D eigenvalue weighted by Gasteiger charge is 2.19. The van der Waals surface area contributed by atoms with Gasteiger partial charge >= 0.3 is 0 Å². The summed E-state index contributed by atoms with van der Waals surface area (Å²) in [5.74, 6) is 0.595. The Morgan fingerprint density at radius 1 is 1.07 bits per heavy atom. The topological polar surface area (TPSA) is 12.0 Å². The molecule has 0 radical (unpaired) electrons. The molecule has 0 fully saturated rings. The summed E-state index contributed by atoms with van der Waals surface area (Å²) in [5, 5.41) is 0. The van der Waals surface area contributed by atoms with Crippen LogP contribution in [0.1, 0.15) is 19.4 Å². The standard InChI is InChI=1S/C11H13NS2/c1-8(2)10-11(14-12-13-10)9-6-4-3-5-7-9/h3-8,12H,1-2H3. The van der Waals surface area contributed by atoms with Crippen LogP contribution in [0.3, 0.4) is 0 Å². The molecule has 0 aliphatic carbocycles. The van der Waals surface area contributed by atoms with Crippen molar-refractivity contribution >= 4 is 28.8 Å². The fraction of sp³-hybridized carbons (Fsp3) is 0.273. The van der Waals surface area contributed by atoms with Gasteiger partial charge in [0.25, 0.3) is 0 Å². The summed E-state index contributed by atoms with van der Waals surface area (Å²) in [4.78, 5) is 2.83. The number of nitrogens with one attached hydrogen (secondary N) is 1. The molecule has 14 heavy (non-hydrogen) atoms. The van der Waals surface area contributed by atoms with E-state index in [0.717, 1.165) is 0 Å². The van der Waals surface area contributed by atoms with Gasteiger partial charge in [0.15, 0.2) is 0 Å². The predicted molar refractivity (Wildman–Crippen MR) is 66.5 cm³/mol. The van der Waals surface area contributed by atoms with Crippen LogP contribution in [0.2, 0.25) is 0 Å². The van der Waals surface area contributed by atoms with Crippen LogP contribution >= 0.6 is 23.9 Å². The highest BCUT2D eigenvalue weighted by Crippen LogP contribution is 2.44. The molecule has 0 saturated heterocycles. The summed E-state index contributed by atoms with van der Waals surface area (Å²) in [6.07, 6.45) is 0. The van der Waals surface area contributed by atoms with Crippen molar-refractivity contribution in [1.82, 2.24) is 4.13 Å². The molecule has 0 atom stereocenters. The van der Waals surface area contributed by atoms with Gasteiger partial charge in [-0.05, 0) is 35.4 Å². The minimum atomic E-state index is 0.595. The van der Waals surface area contributed by atoms with E-state index in [9.17, 15) is 0 Å².